The van der Waals surface area contributed by atoms with Gasteiger partial charge in [-0.1, -0.05) is 49.4 Å². The number of rotatable bonds is 8. The van der Waals surface area contributed by atoms with Gasteiger partial charge in [0.05, 0.1) is 0 Å². The zero-order valence-corrected chi connectivity index (χ0v) is 16.1. The summed E-state index contributed by atoms with van der Waals surface area (Å²) in [5.74, 6) is 1.40. The molecule has 1 atom stereocenters. The van der Waals surface area contributed by atoms with Gasteiger partial charge in [0.25, 0.3) is 5.56 Å². The molecule has 3 nitrogen and oxygen atoms in total. The van der Waals surface area contributed by atoms with Crippen molar-refractivity contribution in [3.05, 3.63) is 100.0 Å². The average Bonchev–Trinajstić information content (AvgIpc) is 2.67. The van der Waals surface area contributed by atoms with Gasteiger partial charge in [-0.2, -0.15) is 0 Å². The minimum atomic E-state index is 0.0853. The van der Waals surface area contributed by atoms with E-state index >= 15 is 0 Å². The second kappa shape index (κ2) is 9.22. The van der Waals surface area contributed by atoms with Crippen LogP contribution in [0.3, 0.4) is 0 Å². The maximum Gasteiger partial charge on any atom is 0.250 e. The number of hydrogen-bond acceptors (Lipinski definition) is 2. The van der Waals surface area contributed by atoms with Gasteiger partial charge in [0, 0.05) is 18.8 Å². The Bertz CT molecular complexity index is 898. The van der Waals surface area contributed by atoms with E-state index in [2.05, 4.69) is 31.2 Å². The highest BCUT2D eigenvalue weighted by atomic mass is 16.5. The van der Waals surface area contributed by atoms with E-state index < -0.39 is 0 Å². The van der Waals surface area contributed by atoms with Crippen LogP contribution in [0.1, 0.15) is 30.0 Å². The molecule has 0 aliphatic carbocycles. The fourth-order valence-corrected chi connectivity index (χ4v) is 3.12. The number of nitrogens with zero attached hydrogens (tertiary/aromatic N) is 1. The summed E-state index contributed by atoms with van der Waals surface area (Å²) >= 11 is 0. The summed E-state index contributed by atoms with van der Waals surface area (Å²) in [6.07, 6.45) is 3.87. The minimum Gasteiger partial charge on any atom is -0.489 e. The highest BCUT2D eigenvalue weighted by molar-refractivity contribution is 5.28. The van der Waals surface area contributed by atoms with Gasteiger partial charge in [-0.15, -0.1) is 0 Å². The van der Waals surface area contributed by atoms with Gasteiger partial charge in [-0.3, -0.25) is 4.79 Å². The molecule has 27 heavy (non-hydrogen) atoms. The predicted octanol–water partition coefficient (Wildman–Crippen LogP) is 5.00. The van der Waals surface area contributed by atoms with Crippen molar-refractivity contribution in [2.45, 2.75) is 39.8 Å². The summed E-state index contributed by atoms with van der Waals surface area (Å²) in [5.41, 5.74) is 3.56. The van der Waals surface area contributed by atoms with Gasteiger partial charge in [-0.25, -0.2) is 0 Å². The fraction of sp³-hybridized carbons (Fsp3) is 0.292. The first-order chi connectivity index (χ1) is 13.1. The minimum absolute atomic E-state index is 0.0853. The van der Waals surface area contributed by atoms with E-state index in [0.29, 0.717) is 12.5 Å². The van der Waals surface area contributed by atoms with Gasteiger partial charge in [0.2, 0.25) is 0 Å². The fourth-order valence-electron chi connectivity index (χ4n) is 3.12. The van der Waals surface area contributed by atoms with Crippen molar-refractivity contribution in [3.8, 4) is 5.75 Å². The monoisotopic (exact) mass is 361 g/mol. The molecule has 140 valence electrons. The Kier molecular flexibility index (Phi) is 6.48. The van der Waals surface area contributed by atoms with Gasteiger partial charge in [0.15, 0.2) is 0 Å². The molecule has 3 aromatic rings. The normalized spacial score (nSPS) is 11.9. The Morgan fingerprint density at radius 2 is 1.70 bits per heavy atom. The molecular weight excluding hydrogens is 334 g/mol. The van der Waals surface area contributed by atoms with Crippen molar-refractivity contribution in [1.82, 2.24) is 4.57 Å². The van der Waals surface area contributed by atoms with E-state index in [1.165, 1.54) is 11.1 Å². The maximum atomic E-state index is 12.0. The molecular formula is C24H27NO2. The van der Waals surface area contributed by atoms with Gasteiger partial charge < -0.3 is 9.30 Å². The first-order valence-electron chi connectivity index (χ1n) is 9.53. The van der Waals surface area contributed by atoms with E-state index in [-0.39, 0.29) is 5.56 Å². The number of hydrogen-bond donors (Lipinski definition) is 0. The van der Waals surface area contributed by atoms with E-state index in [9.17, 15) is 4.79 Å². The van der Waals surface area contributed by atoms with Crippen molar-refractivity contribution < 1.29 is 4.74 Å². The molecule has 2 aromatic carbocycles. The summed E-state index contributed by atoms with van der Waals surface area (Å²) in [6, 6.07) is 22.2. The Morgan fingerprint density at radius 3 is 2.41 bits per heavy atom. The van der Waals surface area contributed by atoms with Crippen LogP contribution in [0.5, 0.6) is 5.75 Å². The van der Waals surface area contributed by atoms with Crippen LogP contribution in [0, 0.1) is 12.8 Å². The van der Waals surface area contributed by atoms with Crippen LogP contribution in [0.4, 0.5) is 0 Å². The molecule has 0 aliphatic rings. The number of aromatic nitrogens is 1. The lowest BCUT2D eigenvalue weighted by Gasteiger charge is -2.13. The standard InChI is InChI=1S/C24H27NO2/c1-19(12-14-25-15-13-20(2)17-24(25)26)16-21-8-10-23(11-9-21)27-18-22-6-4-3-5-7-22/h3-11,13,15,17,19H,12,14,16,18H2,1-2H3/t19-/m0/s1. The van der Waals surface area contributed by atoms with E-state index in [1.54, 1.807) is 10.6 Å². The van der Waals surface area contributed by atoms with Gasteiger partial charge in [-0.05, 0) is 60.6 Å². The molecule has 3 heteroatoms. The molecule has 0 N–H and O–H groups in total. The van der Waals surface area contributed by atoms with Crippen LogP contribution in [0.15, 0.2) is 77.7 Å². The van der Waals surface area contributed by atoms with Crippen LogP contribution >= 0.6 is 0 Å². The third kappa shape index (κ3) is 5.85. The lowest BCUT2D eigenvalue weighted by atomic mass is 9.98. The SMILES string of the molecule is Cc1ccn(CC[C@H](C)Cc2ccc(OCc3ccccc3)cc2)c(=O)c1. The van der Waals surface area contributed by atoms with E-state index in [0.717, 1.165) is 30.7 Å². The molecule has 0 fully saturated rings. The summed E-state index contributed by atoms with van der Waals surface area (Å²) in [4.78, 5) is 12.0. The summed E-state index contributed by atoms with van der Waals surface area (Å²) in [5, 5.41) is 0. The first-order valence-corrected chi connectivity index (χ1v) is 9.53. The Morgan fingerprint density at radius 1 is 0.963 bits per heavy atom. The molecule has 0 spiro atoms. The molecule has 0 unspecified atom stereocenters. The largest absolute Gasteiger partial charge is 0.489 e. The second-order valence-electron chi connectivity index (χ2n) is 7.25. The number of aryl methyl sites for hydroxylation is 2. The number of benzene rings is 2. The Labute approximate surface area is 161 Å². The van der Waals surface area contributed by atoms with Crippen LogP contribution in [0.2, 0.25) is 0 Å². The molecule has 0 radical (unpaired) electrons. The van der Waals surface area contributed by atoms with Crippen LogP contribution < -0.4 is 10.3 Å². The van der Waals surface area contributed by atoms with Gasteiger partial charge >= 0.3 is 0 Å². The van der Waals surface area contributed by atoms with Crippen molar-refractivity contribution in [1.29, 1.82) is 0 Å². The molecule has 3 rings (SSSR count). The van der Waals surface area contributed by atoms with E-state index in [1.807, 2.05) is 49.5 Å². The van der Waals surface area contributed by atoms with Crippen LogP contribution in [-0.4, -0.2) is 4.57 Å². The Hall–Kier alpha value is -2.81. The van der Waals surface area contributed by atoms with Crippen LogP contribution in [-0.2, 0) is 19.6 Å². The molecule has 1 aromatic heterocycles. The van der Waals surface area contributed by atoms with Crippen molar-refractivity contribution >= 4 is 0 Å². The molecule has 0 aliphatic heterocycles. The van der Waals surface area contributed by atoms with Gasteiger partial charge in [0.1, 0.15) is 12.4 Å². The topological polar surface area (TPSA) is 31.2 Å². The third-order valence-corrected chi connectivity index (χ3v) is 4.77. The lowest BCUT2D eigenvalue weighted by molar-refractivity contribution is 0.306. The third-order valence-electron chi connectivity index (χ3n) is 4.77. The number of ether oxygens (including phenoxy) is 1. The van der Waals surface area contributed by atoms with Crippen LogP contribution in [0.25, 0.3) is 0 Å². The first kappa shape index (κ1) is 19.0. The Balaban J connectivity index is 1.48. The predicted molar refractivity (Wildman–Crippen MR) is 110 cm³/mol. The van der Waals surface area contributed by atoms with Crippen molar-refractivity contribution in [3.63, 3.8) is 0 Å². The summed E-state index contributed by atoms with van der Waals surface area (Å²) in [6.45, 7) is 5.53. The smallest absolute Gasteiger partial charge is 0.250 e. The summed E-state index contributed by atoms with van der Waals surface area (Å²) < 4.78 is 7.64. The maximum absolute atomic E-state index is 12.0. The molecule has 1 heterocycles. The van der Waals surface area contributed by atoms with E-state index in [4.69, 9.17) is 4.74 Å². The highest BCUT2D eigenvalue weighted by Crippen LogP contribution is 2.18. The molecule has 0 bridgehead atoms. The lowest BCUT2D eigenvalue weighted by Crippen LogP contribution is -2.20. The quantitative estimate of drug-likeness (QED) is 0.565. The molecule has 0 saturated carbocycles. The van der Waals surface area contributed by atoms with Crippen molar-refractivity contribution in [2.75, 3.05) is 0 Å². The zero-order chi connectivity index (χ0) is 19.1. The second-order valence-corrected chi connectivity index (χ2v) is 7.25. The highest BCUT2D eigenvalue weighted by Gasteiger charge is 2.06. The molecule has 0 amide bonds. The van der Waals surface area contributed by atoms with Crippen molar-refractivity contribution in [2.24, 2.45) is 5.92 Å². The average molecular weight is 361 g/mol. The zero-order valence-electron chi connectivity index (χ0n) is 16.1. The molecule has 0 saturated heterocycles. The number of pyridine rings is 1. The summed E-state index contributed by atoms with van der Waals surface area (Å²) in [7, 11) is 0.